The van der Waals surface area contributed by atoms with E-state index >= 15 is 0 Å². The summed E-state index contributed by atoms with van der Waals surface area (Å²) in [5.74, 6) is 0.444. The Kier molecular flexibility index (Phi) is 6.54. The average molecular weight is 481 g/mol. The first kappa shape index (κ1) is 23.3. The highest BCUT2D eigenvalue weighted by molar-refractivity contribution is 6.36. The zero-order chi connectivity index (χ0) is 24.4. The van der Waals surface area contributed by atoms with Crippen LogP contribution in [0.25, 0.3) is 5.65 Å². The minimum absolute atomic E-state index is 0.120. The number of nitriles is 1. The van der Waals surface area contributed by atoms with Crippen molar-refractivity contribution in [2.45, 2.75) is 13.0 Å². The molecule has 4 rings (SSSR count). The lowest BCUT2D eigenvalue weighted by Gasteiger charge is -2.41. The number of piperazine rings is 1. The highest BCUT2D eigenvalue weighted by Crippen LogP contribution is 2.37. The number of aromatic nitrogens is 4. The van der Waals surface area contributed by atoms with Crippen LogP contribution in [0.2, 0.25) is 5.02 Å². The van der Waals surface area contributed by atoms with Gasteiger partial charge < -0.3 is 21.3 Å². The molecule has 1 unspecified atom stereocenters. The molecule has 1 fully saturated rings. The molecule has 0 radical (unpaired) electrons. The van der Waals surface area contributed by atoms with Gasteiger partial charge in [0.1, 0.15) is 0 Å². The molecule has 1 atom stereocenters. The molecule has 2 aromatic heterocycles. The molecule has 34 heavy (non-hydrogen) atoms. The lowest BCUT2D eigenvalue weighted by molar-refractivity contribution is -0.119. The molecule has 11 nitrogen and oxygen atoms in total. The molecule has 1 amide bonds. The number of hydrogen-bond acceptors (Lipinski definition) is 9. The Balaban J connectivity index is 1.70. The van der Waals surface area contributed by atoms with E-state index in [1.807, 2.05) is 11.8 Å². The number of halogens is 1. The summed E-state index contributed by atoms with van der Waals surface area (Å²) in [6.07, 6.45) is 3.51. The van der Waals surface area contributed by atoms with Crippen molar-refractivity contribution in [2.24, 2.45) is 5.73 Å². The maximum absolute atomic E-state index is 11.4. The zero-order valence-electron chi connectivity index (χ0n) is 18.9. The Morgan fingerprint density at radius 2 is 2.21 bits per heavy atom. The van der Waals surface area contributed by atoms with E-state index in [4.69, 9.17) is 17.3 Å². The summed E-state index contributed by atoms with van der Waals surface area (Å²) in [6.45, 7) is 7.80. The lowest BCUT2D eigenvalue weighted by atomic mass is 10.1. The fourth-order valence-electron chi connectivity index (χ4n) is 4.03. The molecule has 4 N–H and O–H groups in total. The minimum atomic E-state index is -0.376. The molecule has 1 saturated heterocycles. The molecule has 3 aromatic rings. The summed E-state index contributed by atoms with van der Waals surface area (Å²) in [6, 6.07) is 5.48. The zero-order valence-corrected chi connectivity index (χ0v) is 19.7. The van der Waals surface area contributed by atoms with Crippen molar-refractivity contribution < 1.29 is 4.79 Å². The fourth-order valence-corrected chi connectivity index (χ4v) is 4.30. The van der Waals surface area contributed by atoms with Crippen LogP contribution in [0.5, 0.6) is 0 Å². The van der Waals surface area contributed by atoms with E-state index in [2.05, 4.69) is 43.2 Å². The molecule has 1 aliphatic heterocycles. The second kappa shape index (κ2) is 9.54. The van der Waals surface area contributed by atoms with Crippen molar-refractivity contribution in [3.05, 3.63) is 47.1 Å². The van der Waals surface area contributed by atoms with Crippen LogP contribution in [0.4, 0.5) is 23.3 Å². The summed E-state index contributed by atoms with van der Waals surface area (Å²) in [5.41, 5.74) is 8.51. The number of aryl methyl sites for hydroxylation is 1. The van der Waals surface area contributed by atoms with E-state index in [0.717, 1.165) is 5.56 Å². The van der Waals surface area contributed by atoms with E-state index in [0.29, 0.717) is 59.1 Å². The SMILES string of the molecule is C=CC1CN(CC(N)=O)CCN1c1cc(C#N)cc(Nc2nc(NC)n3ncc(C)c3n2)c1Cl. The Morgan fingerprint density at radius 3 is 2.88 bits per heavy atom. The molecule has 0 bridgehead atoms. The van der Waals surface area contributed by atoms with Crippen LogP contribution in [-0.4, -0.2) is 69.7 Å². The Morgan fingerprint density at radius 1 is 1.41 bits per heavy atom. The third-order valence-corrected chi connectivity index (χ3v) is 6.06. The number of primary amides is 1. The molecule has 0 saturated carbocycles. The summed E-state index contributed by atoms with van der Waals surface area (Å²) in [7, 11) is 1.75. The van der Waals surface area contributed by atoms with Gasteiger partial charge in [0.15, 0.2) is 5.65 Å². The van der Waals surface area contributed by atoms with Crippen LogP contribution in [-0.2, 0) is 4.79 Å². The van der Waals surface area contributed by atoms with Crippen molar-refractivity contribution >= 4 is 46.4 Å². The highest BCUT2D eigenvalue weighted by atomic mass is 35.5. The quantitative estimate of drug-likeness (QED) is 0.432. The van der Waals surface area contributed by atoms with Crippen LogP contribution in [0.15, 0.2) is 31.0 Å². The summed E-state index contributed by atoms with van der Waals surface area (Å²) in [5, 5.41) is 20.5. The van der Waals surface area contributed by atoms with Gasteiger partial charge >= 0.3 is 0 Å². The Hall–Kier alpha value is -3.88. The third kappa shape index (κ3) is 4.46. The minimum Gasteiger partial charge on any atom is -0.369 e. The normalized spacial score (nSPS) is 16.3. The number of hydrogen-bond donors (Lipinski definition) is 3. The molecular formula is C22H25ClN10O. The van der Waals surface area contributed by atoms with E-state index in [-0.39, 0.29) is 18.5 Å². The van der Waals surface area contributed by atoms with Crippen LogP contribution in [0.3, 0.4) is 0 Å². The molecule has 3 heterocycles. The second-order valence-electron chi connectivity index (χ2n) is 7.98. The fraction of sp³-hybridized carbons (Fsp3) is 0.318. The van der Waals surface area contributed by atoms with Gasteiger partial charge in [-0.1, -0.05) is 17.7 Å². The third-order valence-electron chi connectivity index (χ3n) is 5.66. The van der Waals surface area contributed by atoms with Crippen molar-refractivity contribution in [3.63, 3.8) is 0 Å². The van der Waals surface area contributed by atoms with Crippen LogP contribution >= 0.6 is 11.6 Å². The number of carbonyl (C=O) groups is 1. The highest BCUT2D eigenvalue weighted by Gasteiger charge is 2.28. The van der Waals surface area contributed by atoms with Crippen LogP contribution < -0.4 is 21.3 Å². The van der Waals surface area contributed by atoms with E-state index in [1.54, 1.807) is 36.0 Å². The number of nitrogens with two attached hydrogens (primary N) is 1. The number of amides is 1. The van der Waals surface area contributed by atoms with Gasteiger partial charge in [0, 0.05) is 32.2 Å². The molecule has 12 heteroatoms. The lowest BCUT2D eigenvalue weighted by Crippen LogP contribution is -2.54. The van der Waals surface area contributed by atoms with E-state index in [9.17, 15) is 10.1 Å². The first-order valence-corrected chi connectivity index (χ1v) is 11.0. The molecular weight excluding hydrogens is 456 g/mol. The largest absolute Gasteiger partial charge is 0.369 e. The number of carbonyl (C=O) groups excluding carboxylic acids is 1. The molecule has 176 valence electrons. The molecule has 0 aliphatic carbocycles. The monoisotopic (exact) mass is 480 g/mol. The average Bonchev–Trinajstić information content (AvgIpc) is 3.20. The van der Waals surface area contributed by atoms with Gasteiger partial charge in [-0.3, -0.25) is 9.69 Å². The maximum atomic E-state index is 11.4. The van der Waals surface area contributed by atoms with Crippen LogP contribution in [0.1, 0.15) is 11.1 Å². The molecule has 0 spiro atoms. The van der Waals surface area contributed by atoms with Crippen molar-refractivity contribution in [2.75, 3.05) is 48.8 Å². The van der Waals surface area contributed by atoms with Gasteiger partial charge in [-0.05, 0) is 19.1 Å². The molecule has 1 aromatic carbocycles. The standard InChI is InChI=1S/C22H25ClN10O/c1-4-15-11-31(12-18(25)34)5-6-32(15)17-8-14(9-24)7-16(19(17)23)28-21-29-20-13(2)10-27-33(20)22(26-3)30-21/h4,7-8,10,15H,1,5-6,11-12H2,2-3H3,(H2,25,34)(H2,26,28,29,30). The van der Waals surface area contributed by atoms with Crippen molar-refractivity contribution in [1.82, 2.24) is 24.5 Å². The number of benzene rings is 1. The number of rotatable bonds is 7. The van der Waals surface area contributed by atoms with Crippen LogP contribution in [0, 0.1) is 18.3 Å². The van der Waals surface area contributed by atoms with Gasteiger partial charge in [-0.2, -0.15) is 24.8 Å². The summed E-state index contributed by atoms with van der Waals surface area (Å²) < 4.78 is 1.61. The number of fused-ring (bicyclic) bond motifs is 1. The number of nitrogens with one attached hydrogen (secondary N) is 2. The first-order valence-electron chi connectivity index (χ1n) is 10.6. The van der Waals surface area contributed by atoms with E-state index < -0.39 is 0 Å². The number of anilines is 4. The summed E-state index contributed by atoms with van der Waals surface area (Å²) in [4.78, 5) is 24.4. The molecule has 1 aliphatic rings. The second-order valence-corrected chi connectivity index (χ2v) is 8.35. The topological polar surface area (TPSA) is 140 Å². The van der Waals surface area contributed by atoms with Gasteiger partial charge in [-0.15, -0.1) is 6.58 Å². The van der Waals surface area contributed by atoms with Gasteiger partial charge in [0.05, 0.1) is 46.8 Å². The van der Waals surface area contributed by atoms with Gasteiger partial charge in [0.25, 0.3) is 0 Å². The predicted molar refractivity (Wildman–Crippen MR) is 131 cm³/mol. The van der Waals surface area contributed by atoms with Crippen molar-refractivity contribution in [1.29, 1.82) is 5.26 Å². The number of nitrogens with zero attached hydrogens (tertiary/aromatic N) is 7. The first-order chi connectivity index (χ1) is 16.3. The Bertz CT molecular complexity index is 1300. The van der Waals surface area contributed by atoms with Gasteiger partial charge in [0.2, 0.25) is 17.8 Å². The Labute approximate surface area is 201 Å². The van der Waals surface area contributed by atoms with Gasteiger partial charge in [-0.25, -0.2) is 0 Å². The van der Waals surface area contributed by atoms with E-state index in [1.165, 1.54) is 0 Å². The summed E-state index contributed by atoms with van der Waals surface area (Å²) >= 11 is 6.84. The van der Waals surface area contributed by atoms with Crippen molar-refractivity contribution in [3.8, 4) is 6.07 Å². The predicted octanol–water partition coefficient (Wildman–Crippen LogP) is 1.91. The maximum Gasteiger partial charge on any atom is 0.232 e. The smallest absolute Gasteiger partial charge is 0.232 e.